The maximum atomic E-state index is 13.3. The Hall–Kier alpha value is -3.92. The van der Waals surface area contributed by atoms with Gasteiger partial charge in [-0.1, -0.05) is 57.2 Å². The van der Waals surface area contributed by atoms with Crippen molar-refractivity contribution in [3.63, 3.8) is 0 Å². The van der Waals surface area contributed by atoms with Gasteiger partial charge in [-0.25, -0.2) is 9.48 Å². The number of nitrogens with one attached hydrogen (secondary N) is 2. The molecule has 0 bridgehead atoms. The van der Waals surface area contributed by atoms with Crippen LogP contribution in [0.25, 0.3) is 16.5 Å². The summed E-state index contributed by atoms with van der Waals surface area (Å²) in [6.07, 6.45) is 0. The van der Waals surface area contributed by atoms with Gasteiger partial charge in [-0.15, -0.1) is 0 Å². The van der Waals surface area contributed by atoms with Gasteiger partial charge in [0.05, 0.1) is 36.9 Å². The summed E-state index contributed by atoms with van der Waals surface area (Å²) in [4.78, 5) is 15.6. The number of rotatable bonds is 8. The standard InChI is InChI=1S/C31H37N5O4/c1-31(2,3)28-20-29(36(34-28)23-10-8-22(21-37)9-11-23)33-30(38)32-26-12-13-27(25-7-5-4-6-24(25)26)40-19-16-35-14-17-39-18-15-35/h4-13,20,37H,14-19,21H2,1-3H3,(H2,32,33,38). The number of benzene rings is 3. The average Bonchev–Trinajstić information content (AvgIpc) is 3.39. The number of aliphatic hydroxyl groups excluding tert-OH is 1. The molecule has 210 valence electrons. The Labute approximate surface area is 234 Å². The Morgan fingerprint density at radius 3 is 2.42 bits per heavy atom. The molecule has 0 radical (unpaired) electrons. The SMILES string of the molecule is CC(C)(C)c1cc(NC(=O)Nc2ccc(OCCN3CCOCC3)c3ccccc23)n(-c2ccc(CO)cc2)n1. The number of urea groups is 1. The summed E-state index contributed by atoms with van der Waals surface area (Å²) < 4.78 is 13.3. The van der Waals surface area contributed by atoms with Gasteiger partial charge < -0.3 is 19.9 Å². The van der Waals surface area contributed by atoms with Crippen LogP contribution in [0.2, 0.25) is 0 Å². The number of nitrogens with zero attached hydrogens (tertiary/aromatic N) is 3. The fourth-order valence-corrected chi connectivity index (χ4v) is 4.66. The number of aliphatic hydroxyl groups is 1. The molecule has 1 saturated heterocycles. The molecule has 1 aromatic heterocycles. The van der Waals surface area contributed by atoms with E-state index in [1.807, 2.05) is 66.7 Å². The number of morpholine rings is 1. The van der Waals surface area contributed by atoms with Crippen LogP contribution in [0.15, 0.2) is 66.7 Å². The quantitative estimate of drug-likeness (QED) is 0.284. The van der Waals surface area contributed by atoms with Crippen LogP contribution < -0.4 is 15.4 Å². The van der Waals surface area contributed by atoms with Crippen LogP contribution in [0.5, 0.6) is 5.75 Å². The van der Waals surface area contributed by atoms with Gasteiger partial charge in [0.1, 0.15) is 18.2 Å². The summed E-state index contributed by atoms with van der Waals surface area (Å²) in [5.41, 5.74) is 2.91. The van der Waals surface area contributed by atoms with Gasteiger partial charge in [0, 0.05) is 41.9 Å². The molecule has 0 aliphatic carbocycles. The Balaban J connectivity index is 1.33. The maximum Gasteiger partial charge on any atom is 0.324 e. The number of hydrogen-bond donors (Lipinski definition) is 3. The minimum Gasteiger partial charge on any atom is -0.492 e. The number of carbonyl (C=O) groups is 1. The van der Waals surface area contributed by atoms with Gasteiger partial charge in [0.15, 0.2) is 0 Å². The molecule has 4 aromatic rings. The number of aromatic nitrogens is 2. The molecule has 0 saturated carbocycles. The summed E-state index contributed by atoms with van der Waals surface area (Å²) in [5.74, 6) is 1.33. The molecule has 40 heavy (non-hydrogen) atoms. The highest BCUT2D eigenvalue weighted by Gasteiger charge is 2.22. The molecule has 1 aliphatic rings. The fourth-order valence-electron chi connectivity index (χ4n) is 4.66. The zero-order valence-electron chi connectivity index (χ0n) is 23.3. The highest BCUT2D eigenvalue weighted by atomic mass is 16.5. The third-order valence-electron chi connectivity index (χ3n) is 6.98. The van der Waals surface area contributed by atoms with Crippen LogP contribution >= 0.6 is 0 Å². The average molecular weight is 544 g/mol. The second-order valence-corrected chi connectivity index (χ2v) is 10.9. The van der Waals surface area contributed by atoms with Crippen molar-refractivity contribution in [1.82, 2.24) is 14.7 Å². The van der Waals surface area contributed by atoms with E-state index < -0.39 is 0 Å². The monoisotopic (exact) mass is 543 g/mol. The second-order valence-electron chi connectivity index (χ2n) is 10.9. The molecule has 3 N–H and O–H groups in total. The number of carbonyl (C=O) groups excluding carboxylic acids is 1. The van der Waals surface area contributed by atoms with Crippen molar-refractivity contribution in [3.8, 4) is 11.4 Å². The molecule has 3 aromatic carbocycles. The van der Waals surface area contributed by atoms with Gasteiger partial charge in [0.25, 0.3) is 0 Å². The summed E-state index contributed by atoms with van der Waals surface area (Å²) in [6, 6.07) is 20.6. The van der Waals surface area contributed by atoms with E-state index in [2.05, 4.69) is 36.3 Å². The lowest BCUT2D eigenvalue weighted by Gasteiger charge is -2.26. The van der Waals surface area contributed by atoms with Crippen LogP contribution in [0.1, 0.15) is 32.0 Å². The molecule has 2 amide bonds. The minimum absolute atomic E-state index is 0.0359. The molecule has 1 fully saturated rings. The lowest BCUT2D eigenvalue weighted by molar-refractivity contribution is 0.0323. The largest absolute Gasteiger partial charge is 0.492 e. The molecule has 9 heteroatoms. The predicted molar refractivity (Wildman–Crippen MR) is 158 cm³/mol. The molecular formula is C31H37N5O4. The number of fused-ring (bicyclic) bond motifs is 1. The first-order valence-electron chi connectivity index (χ1n) is 13.7. The third kappa shape index (κ3) is 6.44. The highest BCUT2D eigenvalue weighted by Crippen LogP contribution is 2.32. The zero-order chi connectivity index (χ0) is 28.1. The summed E-state index contributed by atoms with van der Waals surface area (Å²) >= 11 is 0. The van der Waals surface area contributed by atoms with Crippen molar-refractivity contribution in [1.29, 1.82) is 0 Å². The molecule has 0 spiro atoms. The summed E-state index contributed by atoms with van der Waals surface area (Å²) in [6.45, 7) is 11.0. The van der Waals surface area contributed by atoms with Crippen molar-refractivity contribution in [2.75, 3.05) is 50.1 Å². The third-order valence-corrected chi connectivity index (χ3v) is 6.98. The molecule has 0 unspecified atom stereocenters. The van der Waals surface area contributed by atoms with E-state index in [9.17, 15) is 9.90 Å². The normalized spacial score (nSPS) is 14.3. The summed E-state index contributed by atoms with van der Waals surface area (Å²) in [5, 5.41) is 22.0. The number of anilines is 2. The molecule has 9 nitrogen and oxygen atoms in total. The first-order chi connectivity index (χ1) is 19.3. The molecule has 1 aliphatic heterocycles. The first-order valence-corrected chi connectivity index (χ1v) is 13.7. The topological polar surface area (TPSA) is 101 Å². The first kappa shape index (κ1) is 27.6. The molecule has 5 rings (SSSR count). The summed E-state index contributed by atoms with van der Waals surface area (Å²) in [7, 11) is 0. The van der Waals surface area contributed by atoms with Crippen molar-refractivity contribution in [2.24, 2.45) is 0 Å². The van der Waals surface area contributed by atoms with Crippen molar-refractivity contribution in [2.45, 2.75) is 32.8 Å². The van der Waals surface area contributed by atoms with E-state index in [4.69, 9.17) is 14.6 Å². The fraction of sp³-hybridized carbons (Fsp3) is 0.355. The lowest BCUT2D eigenvalue weighted by atomic mass is 9.92. The van der Waals surface area contributed by atoms with Crippen molar-refractivity contribution < 1.29 is 19.4 Å². The molecular weight excluding hydrogens is 506 g/mol. The Morgan fingerprint density at radius 2 is 1.73 bits per heavy atom. The van der Waals surface area contributed by atoms with Gasteiger partial charge in [0.2, 0.25) is 0 Å². The van der Waals surface area contributed by atoms with Crippen molar-refractivity contribution in [3.05, 3.63) is 78.0 Å². The van der Waals surface area contributed by atoms with E-state index >= 15 is 0 Å². The Bertz CT molecular complexity index is 1450. The maximum absolute atomic E-state index is 13.3. The van der Waals surface area contributed by atoms with Crippen molar-refractivity contribution >= 4 is 28.3 Å². The van der Waals surface area contributed by atoms with Crippen LogP contribution in [0.3, 0.4) is 0 Å². The van der Waals surface area contributed by atoms with Crippen LogP contribution in [0.4, 0.5) is 16.3 Å². The number of hydrogen-bond acceptors (Lipinski definition) is 6. The van der Waals surface area contributed by atoms with Crippen LogP contribution in [-0.2, 0) is 16.8 Å². The highest BCUT2D eigenvalue weighted by molar-refractivity contribution is 6.07. The Morgan fingerprint density at radius 1 is 1.00 bits per heavy atom. The predicted octanol–water partition coefficient (Wildman–Crippen LogP) is 5.17. The number of amides is 2. The smallest absolute Gasteiger partial charge is 0.324 e. The molecule has 2 heterocycles. The second kappa shape index (κ2) is 12.1. The minimum atomic E-state index is -0.375. The van der Waals surface area contributed by atoms with Crippen LogP contribution in [0, 0.1) is 0 Å². The zero-order valence-corrected chi connectivity index (χ0v) is 23.3. The van der Waals surface area contributed by atoms with E-state index in [-0.39, 0.29) is 18.1 Å². The Kier molecular flexibility index (Phi) is 8.35. The van der Waals surface area contributed by atoms with E-state index in [1.165, 1.54) is 0 Å². The van der Waals surface area contributed by atoms with Gasteiger partial charge in [-0.3, -0.25) is 10.2 Å². The van der Waals surface area contributed by atoms with E-state index in [1.54, 1.807) is 4.68 Å². The van der Waals surface area contributed by atoms with Gasteiger partial charge >= 0.3 is 6.03 Å². The van der Waals surface area contributed by atoms with E-state index in [0.29, 0.717) is 18.1 Å². The number of ether oxygens (including phenoxy) is 2. The lowest BCUT2D eigenvalue weighted by Crippen LogP contribution is -2.38. The van der Waals surface area contributed by atoms with E-state index in [0.717, 1.165) is 66.3 Å². The molecule has 0 atom stereocenters. The van der Waals surface area contributed by atoms with Gasteiger partial charge in [-0.05, 0) is 29.8 Å². The van der Waals surface area contributed by atoms with Gasteiger partial charge in [-0.2, -0.15) is 5.10 Å². The van der Waals surface area contributed by atoms with Crippen LogP contribution in [-0.4, -0.2) is 65.3 Å².